The van der Waals surface area contributed by atoms with E-state index >= 15 is 0 Å². The summed E-state index contributed by atoms with van der Waals surface area (Å²) in [6, 6.07) is 13.2. The number of ether oxygens (including phenoxy) is 2. The average molecular weight is 473 g/mol. The smallest absolute Gasteiger partial charge is 0.257 e. The second-order valence-electron chi connectivity index (χ2n) is 7.74. The minimum absolute atomic E-state index is 0.0874. The summed E-state index contributed by atoms with van der Waals surface area (Å²) in [4.78, 5) is 30.0. The van der Waals surface area contributed by atoms with Crippen molar-refractivity contribution in [1.82, 2.24) is 9.80 Å². The Balaban J connectivity index is 1.42. The first-order valence-corrected chi connectivity index (χ1v) is 10.8. The third kappa shape index (κ3) is 3.78. The van der Waals surface area contributed by atoms with E-state index in [4.69, 9.17) is 9.47 Å². The topological polar surface area (TPSA) is 59.1 Å². The monoisotopic (exact) mass is 472 g/mol. The largest absolute Gasteiger partial charge is 0.497 e. The molecule has 0 bridgehead atoms. The fourth-order valence-electron chi connectivity index (χ4n) is 4.08. The minimum atomic E-state index is -0.383. The Hall–Kier alpha value is -2.54. The number of hydrogen-bond donors (Lipinski definition) is 0. The molecule has 30 heavy (non-hydrogen) atoms. The maximum absolute atomic E-state index is 13.3. The normalized spacial score (nSPS) is 17.4. The van der Waals surface area contributed by atoms with Crippen molar-refractivity contribution in [3.63, 3.8) is 0 Å². The van der Waals surface area contributed by atoms with Crippen molar-refractivity contribution in [1.29, 1.82) is 0 Å². The molecule has 0 N–H and O–H groups in total. The predicted molar refractivity (Wildman–Crippen MR) is 117 cm³/mol. The molecule has 4 rings (SSSR count). The van der Waals surface area contributed by atoms with Gasteiger partial charge in [0.2, 0.25) is 5.91 Å². The summed E-state index contributed by atoms with van der Waals surface area (Å²) in [5.74, 6) is 1.22. The van der Waals surface area contributed by atoms with Crippen molar-refractivity contribution in [2.24, 2.45) is 0 Å². The van der Waals surface area contributed by atoms with Gasteiger partial charge in [-0.05, 0) is 42.7 Å². The van der Waals surface area contributed by atoms with Crippen LogP contribution in [0.15, 0.2) is 46.9 Å². The first-order chi connectivity index (χ1) is 14.5. The lowest BCUT2D eigenvalue weighted by Crippen LogP contribution is -2.53. The molecule has 158 valence electrons. The lowest BCUT2D eigenvalue weighted by Gasteiger charge is -2.37. The lowest BCUT2D eigenvalue weighted by molar-refractivity contribution is -0.135. The van der Waals surface area contributed by atoms with Crippen LogP contribution in [0.1, 0.15) is 28.8 Å². The Morgan fingerprint density at radius 1 is 0.900 bits per heavy atom. The van der Waals surface area contributed by atoms with Crippen LogP contribution in [0.4, 0.5) is 0 Å². The zero-order valence-corrected chi connectivity index (χ0v) is 18.8. The molecule has 2 fully saturated rings. The molecule has 0 aromatic heterocycles. The Labute approximate surface area is 184 Å². The van der Waals surface area contributed by atoms with E-state index in [1.807, 2.05) is 29.2 Å². The standard InChI is InChI=1S/C23H25BrN2O4/c1-29-18-7-8-19(20(15-18)30-2)21(27)25-11-13-26(14-12-25)22(28)23(9-10-23)16-3-5-17(24)6-4-16/h3-8,15H,9-14H2,1-2H3. The van der Waals surface area contributed by atoms with Crippen LogP contribution in [-0.4, -0.2) is 62.0 Å². The third-order valence-corrected chi connectivity index (χ3v) is 6.58. The summed E-state index contributed by atoms with van der Waals surface area (Å²) in [6.07, 6.45) is 1.77. The van der Waals surface area contributed by atoms with Gasteiger partial charge in [0.05, 0.1) is 25.2 Å². The number of nitrogens with zero attached hydrogens (tertiary/aromatic N) is 2. The molecule has 1 saturated heterocycles. The van der Waals surface area contributed by atoms with E-state index in [-0.39, 0.29) is 17.2 Å². The van der Waals surface area contributed by atoms with Gasteiger partial charge in [-0.3, -0.25) is 9.59 Å². The maximum Gasteiger partial charge on any atom is 0.257 e. The van der Waals surface area contributed by atoms with E-state index in [0.717, 1.165) is 22.9 Å². The van der Waals surface area contributed by atoms with Gasteiger partial charge in [-0.2, -0.15) is 0 Å². The zero-order chi connectivity index (χ0) is 21.3. The SMILES string of the molecule is COc1ccc(C(=O)N2CCN(C(=O)C3(c4ccc(Br)cc4)CC3)CC2)c(OC)c1. The van der Waals surface area contributed by atoms with Gasteiger partial charge in [0.1, 0.15) is 11.5 Å². The van der Waals surface area contributed by atoms with Crippen LogP contribution >= 0.6 is 15.9 Å². The molecule has 1 aliphatic heterocycles. The summed E-state index contributed by atoms with van der Waals surface area (Å²) < 4.78 is 11.6. The van der Waals surface area contributed by atoms with Crippen LogP contribution in [0.25, 0.3) is 0 Å². The average Bonchev–Trinajstić information content (AvgIpc) is 3.60. The van der Waals surface area contributed by atoms with Crippen molar-refractivity contribution in [2.75, 3.05) is 40.4 Å². The molecule has 0 spiro atoms. The van der Waals surface area contributed by atoms with Crippen molar-refractivity contribution in [2.45, 2.75) is 18.3 Å². The van der Waals surface area contributed by atoms with Gasteiger partial charge in [0, 0.05) is 36.7 Å². The predicted octanol–water partition coefficient (Wildman–Crippen LogP) is 3.48. The summed E-state index contributed by atoms with van der Waals surface area (Å²) in [5.41, 5.74) is 1.20. The van der Waals surface area contributed by atoms with Crippen LogP contribution in [0, 0.1) is 0 Å². The highest BCUT2D eigenvalue weighted by atomic mass is 79.9. The van der Waals surface area contributed by atoms with Gasteiger partial charge >= 0.3 is 0 Å². The van der Waals surface area contributed by atoms with E-state index in [9.17, 15) is 9.59 Å². The van der Waals surface area contributed by atoms with E-state index in [1.165, 1.54) is 0 Å². The summed E-state index contributed by atoms with van der Waals surface area (Å²) in [5, 5.41) is 0. The molecular weight excluding hydrogens is 448 g/mol. The van der Waals surface area contributed by atoms with Crippen molar-refractivity contribution >= 4 is 27.7 Å². The van der Waals surface area contributed by atoms with Gasteiger partial charge in [-0.25, -0.2) is 0 Å². The number of benzene rings is 2. The van der Waals surface area contributed by atoms with Crippen LogP contribution in [-0.2, 0) is 10.2 Å². The number of hydrogen-bond acceptors (Lipinski definition) is 4. The van der Waals surface area contributed by atoms with E-state index in [0.29, 0.717) is 43.2 Å². The van der Waals surface area contributed by atoms with Crippen molar-refractivity contribution < 1.29 is 19.1 Å². The van der Waals surface area contributed by atoms with E-state index < -0.39 is 0 Å². The minimum Gasteiger partial charge on any atom is -0.497 e. The van der Waals surface area contributed by atoms with E-state index in [2.05, 4.69) is 15.9 Å². The van der Waals surface area contributed by atoms with Gasteiger partial charge in [-0.15, -0.1) is 0 Å². The Morgan fingerprint density at radius 3 is 2.10 bits per heavy atom. The number of halogens is 1. The molecule has 0 atom stereocenters. The highest BCUT2D eigenvalue weighted by Crippen LogP contribution is 2.50. The van der Waals surface area contributed by atoms with E-state index in [1.54, 1.807) is 37.3 Å². The molecule has 1 aliphatic carbocycles. The number of carbonyl (C=O) groups is 2. The Kier molecular flexibility index (Phi) is 5.73. The molecule has 2 amide bonds. The van der Waals surface area contributed by atoms with Gasteiger partial charge in [-0.1, -0.05) is 28.1 Å². The first kappa shape index (κ1) is 20.7. The molecule has 2 aromatic carbocycles. The second kappa shape index (κ2) is 8.30. The zero-order valence-electron chi connectivity index (χ0n) is 17.2. The van der Waals surface area contributed by atoms with Crippen molar-refractivity contribution in [3.8, 4) is 11.5 Å². The highest BCUT2D eigenvalue weighted by molar-refractivity contribution is 9.10. The van der Waals surface area contributed by atoms with Crippen LogP contribution in [0.3, 0.4) is 0 Å². The van der Waals surface area contributed by atoms with Crippen LogP contribution in [0.5, 0.6) is 11.5 Å². The molecule has 0 radical (unpaired) electrons. The first-order valence-electron chi connectivity index (χ1n) is 10.1. The van der Waals surface area contributed by atoms with Gasteiger partial charge in [0.25, 0.3) is 5.91 Å². The molecule has 0 unspecified atom stereocenters. The highest BCUT2D eigenvalue weighted by Gasteiger charge is 2.53. The molecule has 7 heteroatoms. The van der Waals surface area contributed by atoms with Gasteiger partial charge in [0.15, 0.2) is 0 Å². The number of amides is 2. The molecule has 1 heterocycles. The summed E-state index contributed by atoms with van der Waals surface area (Å²) in [6.45, 7) is 2.11. The van der Waals surface area contributed by atoms with Crippen molar-refractivity contribution in [3.05, 3.63) is 58.1 Å². The second-order valence-corrected chi connectivity index (χ2v) is 8.66. The molecular formula is C23H25BrN2O4. The quantitative estimate of drug-likeness (QED) is 0.668. The molecule has 6 nitrogen and oxygen atoms in total. The van der Waals surface area contributed by atoms with Crippen LogP contribution < -0.4 is 9.47 Å². The summed E-state index contributed by atoms with van der Waals surface area (Å²) in [7, 11) is 3.12. The maximum atomic E-state index is 13.3. The third-order valence-electron chi connectivity index (χ3n) is 6.05. The molecule has 1 saturated carbocycles. The Morgan fingerprint density at radius 2 is 1.53 bits per heavy atom. The van der Waals surface area contributed by atoms with Gasteiger partial charge < -0.3 is 19.3 Å². The summed E-state index contributed by atoms with van der Waals surface area (Å²) >= 11 is 3.46. The number of piperazine rings is 1. The molecule has 2 aliphatic rings. The molecule has 2 aromatic rings. The fourth-order valence-corrected chi connectivity index (χ4v) is 4.35. The Bertz CT molecular complexity index is 948. The fraction of sp³-hybridized carbons (Fsp3) is 0.391. The lowest BCUT2D eigenvalue weighted by atomic mass is 9.94. The number of methoxy groups -OCH3 is 2. The number of rotatable bonds is 5. The number of carbonyl (C=O) groups excluding carboxylic acids is 2. The van der Waals surface area contributed by atoms with Crippen LogP contribution in [0.2, 0.25) is 0 Å².